The molecule has 0 amide bonds. The molecule has 1 unspecified atom stereocenters. The molecule has 1 heterocycles. The first-order valence-electron chi connectivity index (χ1n) is 5.87. The van der Waals surface area contributed by atoms with E-state index in [4.69, 9.17) is 4.74 Å². The first kappa shape index (κ1) is 11.8. The van der Waals surface area contributed by atoms with Crippen molar-refractivity contribution in [1.82, 2.24) is 0 Å². The van der Waals surface area contributed by atoms with Crippen LogP contribution < -0.4 is 5.32 Å². The minimum Gasteiger partial charge on any atom is -0.382 e. The van der Waals surface area contributed by atoms with Crippen LogP contribution in [0.5, 0.6) is 0 Å². The lowest BCUT2D eigenvalue weighted by atomic mass is 10.1. The van der Waals surface area contributed by atoms with Crippen molar-refractivity contribution in [2.45, 2.75) is 30.2 Å². The zero-order valence-electron chi connectivity index (χ0n) is 9.74. The number of anilines is 1. The maximum Gasteiger partial charge on any atom is 0.0485 e. The summed E-state index contributed by atoms with van der Waals surface area (Å²) in [7, 11) is 0. The Morgan fingerprint density at radius 2 is 2.00 bits per heavy atom. The Labute approximate surface area is 102 Å². The molecule has 1 N–H and O–H groups in total. The first-order chi connectivity index (χ1) is 7.88. The van der Waals surface area contributed by atoms with E-state index in [2.05, 4.69) is 35.8 Å². The molecule has 1 aromatic rings. The van der Waals surface area contributed by atoms with Crippen LogP contribution in [0.4, 0.5) is 5.69 Å². The summed E-state index contributed by atoms with van der Waals surface area (Å²) < 4.78 is 5.46. The van der Waals surface area contributed by atoms with Crippen LogP contribution in [0.25, 0.3) is 0 Å². The van der Waals surface area contributed by atoms with Gasteiger partial charge in [0.15, 0.2) is 0 Å². The predicted molar refractivity (Wildman–Crippen MR) is 70.3 cm³/mol. The molecule has 0 aliphatic carbocycles. The summed E-state index contributed by atoms with van der Waals surface area (Å²) in [6.07, 6.45) is 5.60. The fraction of sp³-hybridized carbons (Fsp3) is 0.538. The van der Waals surface area contributed by atoms with Crippen LogP contribution in [0.3, 0.4) is 0 Å². The molecular weight excluding hydrogens is 218 g/mol. The summed E-state index contributed by atoms with van der Waals surface area (Å²) in [5, 5.41) is 3.58. The molecule has 1 fully saturated rings. The molecule has 0 saturated carbocycles. The van der Waals surface area contributed by atoms with Gasteiger partial charge < -0.3 is 10.1 Å². The molecule has 0 aromatic heterocycles. The third-order valence-corrected chi connectivity index (χ3v) is 3.66. The monoisotopic (exact) mass is 237 g/mol. The van der Waals surface area contributed by atoms with Crippen molar-refractivity contribution in [3.05, 3.63) is 24.3 Å². The number of hydrogen-bond donors (Lipinski definition) is 1. The zero-order chi connectivity index (χ0) is 11.2. The quantitative estimate of drug-likeness (QED) is 0.814. The molecule has 1 aliphatic rings. The molecule has 16 heavy (non-hydrogen) atoms. The fourth-order valence-corrected chi connectivity index (χ4v) is 2.38. The lowest BCUT2D eigenvalue weighted by Crippen LogP contribution is -2.19. The van der Waals surface area contributed by atoms with Crippen LogP contribution >= 0.6 is 11.8 Å². The van der Waals surface area contributed by atoms with Crippen molar-refractivity contribution < 1.29 is 4.74 Å². The number of hydrogen-bond acceptors (Lipinski definition) is 3. The predicted octanol–water partition coefficient (Wildman–Crippen LogP) is 3.39. The van der Waals surface area contributed by atoms with E-state index in [9.17, 15) is 0 Å². The van der Waals surface area contributed by atoms with Gasteiger partial charge in [-0.05, 0) is 49.8 Å². The van der Waals surface area contributed by atoms with Crippen molar-refractivity contribution in [2.24, 2.45) is 0 Å². The van der Waals surface area contributed by atoms with Gasteiger partial charge in [-0.1, -0.05) is 0 Å². The van der Waals surface area contributed by atoms with E-state index < -0.39 is 0 Å². The van der Waals surface area contributed by atoms with Crippen molar-refractivity contribution >= 4 is 17.4 Å². The Kier molecular flexibility index (Phi) is 4.55. The van der Waals surface area contributed by atoms with E-state index in [-0.39, 0.29) is 0 Å². The third kappa shape index (κ3) is 3.42. The van der Waals surface area contributed by atoms with Gasteiger partial charge in [0.05, 0.1) is 0 Å². The summed E-state index contributed by atoms with van der Waals surface area (Å²) in [5.41, 5.74) is 1.23. The van der Waals surface area contributed by atoms with Gasteiger partial charge in [0.1, 0.15) is 0 Å². The van der Waals surface area contributed by atoms with Crippen molar-refractivity contribution in [1.29, 1.82) is 0 Å². The molecule has 1 aliphatic heterocycles. The van der Waals surface area contributed by atoms with Crippen molar-refractivity contribution in [3.63, 3.8) is 0 Å². The number of benzene rings is 1. The Hall–Kier alpha value is -0.670. The SMILES string of the molecule is CSc1ccc(NC2CCCOCC2)cc1. The largest absolute Gasteiger partial charge is 0.382 e. The maximum absolute atomic E-state index is 5.46. The highest BCUT2D eigenvalue weighted by Gasteiger charge is 2.11. The van der Waals surface area contributed by atoms with E-state index in [1.807, 2.05) is 0 Å². The van der Waals surface area contributed by atoms with Gasteiger partial charge in [-0.15, -0.1) is 11.8 Å². The Bertz CT molecular complexity index is 304. The normalized spacial score (nSPS) is 21.4. The van der Waals surface area contributed by atoms with Crippen LogP contribution in [-0.4, -0.2) is 25.5 Å². The maximum atomic E-state index is 5.46. The van der Waals surface area contributed by atoms with E-state index in [1.54, 1.807) is 11.8 Å². The summed E-state index contributed by atoms with van der Waals surface area (Å²) >= 11 is 1.78. The van der Waals surface area contributed by atoms with Crippen LogP contribution in [0.2, 0.25) is 0 Å². The molecule has 0 bridgehead atoms. The molecule has 1 saturated heterocycles. The molecule has 3 heteroatoms. The van der Waals surface area contributed by atoms with Gasteiger partial charge in [-0.3, -0.25) is 0 Å². The lowest BCUT2D eigenvalue weighted by Gasteiger charge is -2.17. The highest BCUT2D eigenvalue weighted by Crippen LogP contribution is 2.20. The molecule has 2 rings (SSSR count). The molecule has 1 aromatic carbocycles. The van der Waals surface area contributed by atoms with Crippen LogP contribution in [0, 0.1) is 0 Å². The average molecular weight is 237 g/mol. The zero-order valence-corrected chi connectivity index (χ0v) is 10.6. The molecule has 88 valence electrons. The lowest BCUT2D eigenvalue weighted by molar-refractivity contribution is 0.144. The average Bonchev–Trinajstić information content (AvgIpc) is 2.59. The summed E-state index contributed by atoms with van der Waals surface area (Å²) in [4.78, 5) is 1.31. The molecular formula is C13H19NOS. The van der Waals surface area contributed by atoms with E-state index in [0.29, 0.717) is 6.04 Å². The molecule has 0 radical (unpaired) electrons. The molecule has 2 nitrogen and oxygen atoms in total. The van der Waals surface area contributed by atoms with Gasteiger partial charge in [-0.2, -0.15) is 0 Å². The first-order valence-corrected chi connectivity index (χ1v) is 7.09. The minimum absolute atomic E-state index is 0.572. The standard InChI is InChI=1S/C13H19NOS/c1-16-13-6-4-12(5-7-13)14-11-3-2-9-15-10-8-11/h4-7,11,14H,2-3,8-10H2,1H3. The molecule has 0 spiro atoms. The van der Waals surface area contributed by atoms with E-state index >= 15 is 0 Å². The second kappa shape index (κ2) is 6.16. The topological polar surface area (TPSA) is 21.3 Å². The van der Waals surface area contributed by atoms with Crippen molar-refractivity contribution in [3.8, 4) is 0 Å². The Morgan fingerprint density at radius 3 is 2.75 bits per heavy atom. The Morgan fingerprint density at radius 1 is 1.19 bits per heavy atom. The van der Waals surface area contributed by atoms with E-state index in [1.165, 1.54) is 23.4 Å². The second-order valence-corrected chi connectivity index (χ2v) is 4.99. The second-order valence-electron chi connectivity index (χ2n) is 4.11. The van der Waals surface area contributed by atoms with Crippen LogP contribution in [0.15, 0.2) is 29.2 Å². The van der Waals surface area contributed by atoms with Gasteiger partial charge in [-0.25, -0.2) is 0 Å². The van der Waals surface area contributed by atoms with Gasteiger partial charge in [0.2, 0.25) is 0 Å². The summed E-state index contributed by atoms with van der Waals surface area (Å²) in [6.45, 7) is 1.81. The fourth-order valence-electron chi connectivity index (χ4n) is 1.97. The number of thioether (sulfide) groups is 1. The Balaban J connectivity index is 1.91. The van der Waals surface area contributed by atoms with Gasteiger partial charge in [0, 0.05) is 29.8 Å². The minimum atomic E-state index is 0.572. The summed E-state index contributed by atoms with van der Waals surface area (Å²) in [5.74, 6) is 0. The molecule has 1 atom stereocenters. The highest BCUT2D eigenvalue weighted by atomic mass is 32.2. The van der Waals surface area contributed by atoms with Crippen LogP contribution in [-0.2, 0) is 4.74 Å². The number of ether oxygens (including phenoxy) is 1. The van der Waals surface area contributed by atoms with Gasteiger partial charge >= 0.3 is 0 Å². The van der Waals surface area contributed by atoms with Crippen molar-refractivity contribution in [2.75, 3.05) is 24.8 Å². The number of rotatable bonds is 3. The third-order valence-electron chi connectivity index (χ3n) is 2.91. The number of nitrogens with one attached hydrogen (secondary N) is 1. The van der Waals surface area contributed by atoms with E-state index in [0.717, 1.165) is 19.6 Å². The highest BCUT2D eigenvalue weighted by molar-refractivity contribution is 7.98. The summed E-state index contributed by atoms with van der Waals surface area (Å²) in [6, 6.07) is 9.23. The van der Waals surface area contributed by atoms with Gasteiger partial charge in [0.25, 0.3) is 0 Å². The smallest absolute Gasteiger partial charge is 0.0485 e. The van der Waals surface area contributed by atoms with Crippen LogP contribution in [0.1, 0.15) is 19.3 Å².